The number of carbonyl (C=O) groups is 1. The third-order valence-electron chi connectivity index (χ3n) is 3.43. The minimum absolute atomic E-state index is 0.189. The molecule has 98 valence electrons. The van der Waals surface area contributed by atoms with E-state index in [9.17, 15) is 4.79 Å². The number of ether oxygens (including phenoxy) is 2. The van der Waals surface area contributed by atoms with Gasteiger partial charge in [0.1, 0.15) is 0 Å². The molecule has 2 rings (SSSR count). The molecule has 0 aromatic heterocycles. The van der Waals surface area contributed by atoms with Gasteiger partial charge in [0.2, 0.25) is 0 Å². The number of hydrogen-bond donors (Lipinski definition) is 0. The lowest BCUT2D eigenvalue weighted by Crippen LogP contribution is -2.04. The summed E-state index contributed by atoms with van der Waals surface area (Å²) in [5.74, 6) is -0.189. The molecule has 2 aliphatic rings. The number of rotatable bonds is 2. The van der Waals surface area contributed by atoms with E-state index >= 15 is 0 Å². The van der Waals surface area contributed by atoms with E-state index < -0.39 is 0 Å². The van der Waals surface area contributed by atoms with Gasteiger partial charge in [0.25, 0.3) is 0 Å². The van der Waals surface area contributed by atoms with Gasteiger partial charge in [-0.25, -0.2) is 0 Å². The second kappa shape index (κ2) is 6.43. The first-order valence-corrected chi connectivity index (χ1v) is 6.61. The molecule has 0 radical (unpaired) electrons. The molecule has 0 atom stereocenters. The summed E-state index contributed by atoms with van der Waals surface area (Å²) in [4.78, 5) is 11.5. The van der Waals surface area contributed by atoms with E-state index in [0.29, 0.717) is 6.42 Å². The van der Waals surface area contributed by atoms with E-state index in [1.54, 1.807) is 12.5 Å². The van der Waals surface area contributed by atoms with E-state index in [1.165, 1.54) is 31.9 Å². The summed E-state index contributed by atoms with van der Waals surface area (Å²) in [7, 11) is 1.43. The Morgan fingerprint density at radius 2 is 2.00 bits per heavy atom. The van der Waals surface area contributed by atoms with Gasteiger partial charge in [-0.3, -0.25) is 4.79 Å². The number of carbonyl (C=O) groups excluding carboxylic acids is 1. The molecule has 0 aromatic carbocycles. The van der Waals surface area contributed by atoms with Crippen molar-refractivity contribution >= 4 is 5.97 Å². The van der Waals surface area contributed by atoms with Crippen LogP contribution in [-0.4, -0.2) is 13.1 Å². The summed E-state index contributed by atoms with van der Waals surface area (Å²) in [6, 6.07) is 0. The van der Waals surface area contributed by atoms with Crippen molar-refractivity contribution < 1.29 is 14.3 Å². The molecule has 1 aliphatic heterocycles. The summed E-state index contributed by atoms with van der Waals surface area (Å²) in [6.07, 6.45) is 12.9. The molecule has 0 saturated heterocycles. The fourth-order valence-electron chi connectivity index (χ4n) is 2.37. The number of fused-ring (bicyclic) bond motifs is 2. The van der Waals surface area contributed by atoms with Gasteiger partial charge in [0, 0.05) is 0 Å². The molecule has 0 aromatic rings. The van der Waals surface area contributed by atoms with Gasteiger partial charge >= 0.3 is 5.97 Å². The number of methoxy groups -OCH3 is 1. The largest absolute Gasteiger partial charge is 0.472 e. The van der Waals surface area contributed by atoms with Crippen molar-refractivity contribution in [2.75, 3.05) is 7.11 Å². The van der Waals surface area contributed by atoms with Gasteiger partial charge in [-0.2, -0.15) is 0 Å². The van der Waals surface area contributed by atoms with Crippen molar-refractivity contribution in [1.29, 1.82) is 0 Å². The molecule has 3 nitrogen and oxygen atoms in total. The fraction of sp³-hybridized carbons (Fsp3) is 0.533. The second-order valence-electron chi connectivity index (χ2n) is 4.81. The quantitative estimate of drug-likeness (QED) is 0.700. The minimum Gasteiger partial charge on any atom is -0.472 e. The van der Waals surface area contributed by atoms with Gasteiger partial charge in [-0.1, -0.05) is 18.9 Å². The lowest BCUT2D eigenvalue weighted by Gasteiger charge is -2.12. The Labute approximate surface area is 108 Å². The topological polar surface area (TPSA) is 35.5 Å². The van der Waals surface area contributed by atoms with Crippen LogP contribution < -0.4 is 0 Å². The van der Waals surface area contributed by atoms with E-state index in [2.05, 4.69) is 6.08 Å². The van der Waals surface area contributed by atoms with Crippen LogP contribution in [0.15, 0.2) is 35.3 Å². The average Bonchev–Trinajstić information content (AvgIpc) is 2.59. The van der Waals surface area contributed by atoms with Crippen molar-refractivity contribution in [2.45, 2.75) is 44.9 Å². The zero-order valence-corrected chi connectivity index (χ0v) is 10.9. The summed E-state index contributed by atoms with van der Waals surface area (Å²) >= 11 is 0. The lowest BCUT2D eigenvalue weighted by molar-refractivity contribution is -0.139. The van der Waals surface area contributed by atoms with Crippen LogP contribution in [0.1, 0.15) is 44.9 Å². The first kappa shape index (κ1) is 12.9. The van der Waals surface area contributed by atoms with Crippen LogP contribution in [0.3, 0.4) is 0 Å². The first-order valence-electron chi connectivity index (χ1n) is 6.61. The van der Waals surface area contributed by atoms with Gasteiger partial charge in [-0.15, -0.1) is 0 Å². The molecule has 0 fully saturated rings. The average molecular weight is 248 g/mol. The third-order valence-corrected chi connectivity index (χ3v) is 3.43. The zero-order valence-electron chi connectivity index (χ0n) is 10.9. The van der Waals surface area contributed by atoms with Crippen LogP contribution in [0.5, 0.6) is 0 Å². The highest BCUT2D eigenvalue weighted by molar-refractivity contribution is 5.74. The fourth-order valence-corrected chi connectivity index (χ4v) is 2.37. The van der Waals surface area contributed by atoms with Crippen LogP contribution in [0.2, 0.25) is 0 Å². The van der Waals surface area contributed by atoms with Crippen molar-refractivity contribution in [2.24, 2.45) is 0 Å². The maximum atomic E-state index is 11.5. The Kier molecular flexibility index (Phi) is 4.62. The summed E-state index contributed by atoms with van der Waals surface area (Å²) < 4.78 is 10.2. The molecule has 0 amide bonds. The highest BCUT2D eigenvalue weighted by Gasteiger charge is 2.15. The third kappa shape index (κ3) is 3.49. The Balaban J connectivity index is 2.22. The van der Waals surface area contributed by atoms with Crippen molar-refractivity contribution in [1.82, 2.24) is 0 Å². The molecule has 0 saturated carbocycles. The zero-order chi connectivity index (χ0) is 12.8. The van der Waals surface area contributed by atoms with Gasteiger partial charge < -0.3 is 9.47 Å². The van der Waals surface area contributed by atoms with E-state index in [-0.39, 0.29) is 5.97 Å². The Morgan fingerprint density at radius 1 is 1.22 bits per heavy atom. The summed E-state index contributed by atoms with van der Waals surface area (Å²) in [6.45, 7) is 0. The number of hydrogen-bond acceptors (Lipinski definition) is 3. The van der Waals surface area contributed by atoms with Gasteiger partial charge in [0.15, 0.2) is 0 Å². The molecule has 2 bridgehead atoms. The molecule has 1 aliphatic carbocycles. The first-order chi connectivity index (χ1) is 8.79. The standard InChI is InChI=1S/C15H20O3/c1-17-15(16)9-14-8-12-6-4-2-3-5-7-13(14)11-18-10-12/h8,10-11H,2-7,9H2,1H3. The lowest BCUT2D eigenvalue weighted by atomic mass is 9.93. The molecule has 0 unspecified atom stereocenters. The summed E-state index contributed by atoms with van der Waals surface area (Å²) in [5.41, 5.74) is 3.35. The predicted octanol–water partition coefficient (Wildman–Crippen LogP) is 3.63. The molecule has 0 spiro atoms. The SMILES string of the molecule is COC(=O)CC1=CC2=COC=C1CCCCCC2. The van der Waals surface area contributed by atoms with Gasteiger partial charge in [-0.05, 0) is 42.4 Å². The van der Waals surface area contributed by atoms with E-state index in [4.69, 9.17) is 9.47 Å². The van der Waals surface area contributed by atoms with Gasteiger partial charge in [0.05, 0.1) is 26.1 Å². The Bertz CT molecular complexity index is 402. The normalized spacial score (nSPS) is 19.9. The van der Waals surface area contributed by atoms with E-state index in [0.717, 1.165) is 30.4 Å². The molecule has 18 heavy (non-hydrogen) atoms. The van der Waals surface area contributed by atoms with Crippen molar-refractivity contribution in [3.05, 3.63) is 35.3 Å². The molecule has 3 heteroatoms. The Morgan fingerprint density at radius 3 is 2.78 bits per heavy atom. The molecule has 1 heterocycles. The molecular formula is C15H20O3. The number of allylic oxidation sites excluding steroid dienone is 3. The Hall–Kier alpha value is -1.51. The van der Waals surface area contributed by atoms with Crippen LogP contribution in [0.25, 0.3) is 0 Å². The molecule has 0 N–H and O–H groups in total. The van der Waals surface area contributed by atoms with Crippen molar-refractivity contribution in [3.63, 3.8) is 0 Å². The highest BCUT2D eigenvalue weighted by Crippen LogP contribution is 2.28. The van der Waals surface area contributed by atoms with Crippen LogP contribution in [-0.2, 0) is 14.3 Å². The minimum atomic E-state index is -0.189. The molecular weight excluding hydrogens is 228 g/mol. The van der Waals surface area contributed by atoms with Crippen LogP contribution >= 0.6 is 0 Å². The predicted molar refractivity (Wildman–Crippen MR) is 69.7 cm³/mol. The summed E-state index contributed by atoms with van der Waals surface area (Å²) in [5, 5.41) is 0. The highest BCUT2D eigenvalue weighted by atomic mass is 16.5. The maximum absolute atomic E-state index is 11.5. The van der Waals surface area contributed by atoms with E-state index in [1.807, 2.05) is 0 Å². The number of esters is 1. The maximum Gasteiger partial charge on any atom is 0.309 e. The van der Waals surface area contributed by atoms with Crippen molar-refractivity contribution in [3.8, 4) is 0 Å². The van der Waals surface area contributed by atoms with Crippen LogP contribution in [0.4, 0.5) is 0 Å². The smallest absolute Gasteiger partial charge is 0.309 e. The second-order valence-corrected chi connectivity index (χ2v) is 4.81. The van der Waals surface area contributed by atoms with Crippen LogP contribution in [0, 0.1) is 0 Å². The monoisotopic (exact) mass is 248 g/mol.